The second kappa shape index (κ2) is 11.1. The Kier molecular flexibility index (Phi) is 8.80. The van der Waals surface area contributed by atoms with Crippen LogP contribution in [0.1, 0.15) is 37.3 Å². The molecule has 0 heterocycles. The van der Waals surface area contributed by atoms with E-state index in [0.717, 1.165) is 11.1 Å². The van der Waals surface area contributed by atoms with Gasteiger partial charge in [0.25, 0.3) is 0 Å². The number of carbonyl (C=O) groups is 2. The second-order valence-corrected chi connectivity index (χ2v) is 7.43. The Morgan fingerprint density at radius 2 is 1.83 bits per heavy atom. The summed E-state index contributed by atoms with van der Waals surface area (Å²) in [4.78, 5) is 25.0. The van der Waals surface area contributed by atoms with E-state index in [-0.39, 0.29) is 24.9 Å². The van der Waals surface area contributed by atoms with Crippen molar-refractivity contribution < 1.29 is 19.1 Å². The van der Waals surface area contributed by atoms with Crippen LogP contribution in [-0.4, -0.2) is 25.6 Å². The summed E-state index contributed by atoms with van der Waals surface area (Å²) in [7, 11) is 1.59. The topological polar surface area (TPSA) is 64.6 Å². The molecule has 0 fully saturated rings. The second-order valence-electron chi connectivity index (χ2n) is 6.61. The van der Waals surface area contributed by atoms with Crippen molar-refractivity contribution in [3.05, 3.63) is 63.6 Å². The standard InChI is InChI=1S/C22H25Cl2NO4/c1-4-29-22(27)14(2)17(15-9-10-18(23)19(24)11-15)12-21(26)25-13-16-7-5-6-8-20(16)28-3/h5-11,14,17H,4,12-13H2,1-3H3,(H,25,26). The Hall–Kier alpha value is -2.24. The minimum Gasteiger partial charge on any atom is -0.496 e. The largest absolute Gasteiger partial charge is 0.496 e. The fourth-order valence-electron chi connectivity index (χ4n) is 3.08. The first-order chi connectivity index (χ1) is 13.9. The number of hydrogen-bond acceptors (Lipinski definition) is 4. The van der Waals surface area contributed by atoms with Crippen LogP contribution in [0, 0.1) is 5.92 Å². The molecule has 2 aromatic carbocycles. The smallest absolute Gasteiger partial charge is 0.309 e. The lowest BCUT2D eigenvalue weighted by Gasteiger charge is -2.23. The molecule has 2 aromatic rings. The number of methoxy groups -OCH3 is 1. The normalized spacial score (nSPS) is 12.7. The molecule has 0 aliphatic rings. The SMILES string of the molecule is CCOC(=O)C(C)C(CC(=O)NCc1ccccc1OC)c1ccc(Cl)c(Cl)c1. The number of benzene rings is 2. The summed E-state index contributed by atoms with van der Waals surface area (Å²) in [5.41, 5.74) is 1.63. The number of hydrogen-bond donors (Lipinski definition) is 1. The molecule has 0 aliphatic carbocycles. The molecular formula is C22H25Cl2NO4. The number of rotatable bonds is 9. The first kappa shape index (κ1) is 23.0. The Labute approximate surface area is 181 Å². The zero-order valence-electron chi connectivity index (χ0n) is 16.7. The first-order valence-electron chi connectivity index (χ1n) is 9.37. The maximum atomic E-state index is 12.7. The van der Waals surface area contributed by atoms with E-state index in [2.05, 4.69) is 5.32 Å². The van der Waals surface area contributed by atoms with Gasteiger partial charge in [0.15, 0.2) is 0 Å². The van der Waals surface area contributed by atoms with E-state index in [1.807, 2.05) is 24.3 Å². The number of para-hydroxylation sites is 1. The zero-order chi connectivity index (χ0) is 21.4. The molecule has 0 aromatic heterocycles. The Morgan fingerprint density at radius 1 is 1.10 bits per heavy atom. The molecule has 0 aliphatic heterocycles. The minimum atomic E-state index is -0.524. The van der Waals surface area contributed by atoms with Crippen molar-refractivity contribution in [2.24, 2.45) is 5.92 Å². The summed E-state index contributed by atoms with van der Waals surface area (Å²) in [5.74, 6) is -0.774. The van der Waals surface area contributed by atoms with E-state index in [4.69, 9.17) is 32.7 Å². The molecular weight excluding hydrogens is 413 g/mol. The minimum absolute atomic E-state index is 0.104. The van der Waals surface area contributed by atoms with Crippen molar-refractivity contribution in [1.82, 2.24) is 5.32 Å². The summed E-state index contributed by atoms with van der Waals surface area (Å²) in [6, 6.07) is 12.6. The van der Waals surface area contributed by atoms with E-state index < -0.39 is 11.8 Å². The van der Waals surface area contributed by atoms with E-state index >= 15 is 0 Å². The Balaban J connectivity index is 2.16. The number of halogens is 2. The molecule has 2 atom stereocenters. The number of ether oxygens (including phenoxy) is 2. The zero-order valence-corrected chi connectivity index (χ0v) is 18.2. The van der Waals surface area contributed by atoms with Gasteiger partial charge in [-0.2, -0.15) is 0 Å². The molecule has 2 unspecified atom stereocenters. The third-order valence-electron chi connectivity index (χ3n) is 4.71. The van der Waals surface area contributed by atoms with Gasteiger partial charge < -0.3 is 14.8 Å². The third-order valence-corrected chi connectivity index (χ3v) is 5.45. The van der Waals surface area contributed by atoms with Gasteiger partial charge in [0.2, 0.25) is 5.91 Å². The summed E-state index contributed by atoms with van der Waals surface area (Å²) in [6.07, 6.45) is 0.104. The average molecular weight is 438 g/mol. The van der Waals surface area contributed by atoms with Crippen molar-refractivity contribution in [2.45, 2.75) is 32.7 Å². The Bertz CT molecular complexity index is 856. The number of nitrogens with one attached hydrogen (secondary N) is 1. The van der Waals surface area contributed by atoms with Gasteiger partial charge in [-0.15, -0.1) is 0 Å². The lowest BCUT2D eigenvalue weighted by molar-refractivity contribution is -0.148. The fraction of sp³-hybridized carbons (Fsp3) is 0.364. The van der Waals surface area contributed by atoms with Gasteiger partial charge in [-0.3, -0.25) is 9.59 Å². The molecule has 29 heavy (non-hydrogen) atoms. The lowest BCUT2D eigenvalue weighted by atomic mass is 9.84. The number of carbonyl (C=O) groups excluding carboxylic acids is 2. The van der Waals surface area contributed by atoms with Crippen molar-refractivity contribution in [2.75, 3.05) is 13.7 Å². The van der Waals surface area contributed by atoms with Crippen LogP contribution in [-0.2, 0) is 20.9 Å². The van der Waals surface area contributed by atoms with Crippen molar-refractivity contribution in [3.8, 4) is 5.75 Å². The molecule has 7 heteroatoms. The van der Waals surface area contributed by atoms with Gasteiger partial charge in [0, 0.05) is 24.4 Å². The van der Waals surface area contributed by atoms with Crippen LogP contribution < -0.4 is 10.1 Å². The van der Waals surface area contributed by atoms with Crippen LogP contribution in [0.4, 0.5) is 0 Å². The monoisotopic (exact) mass is 437 g/mol. The highest BCUT2D eigenvalue weighted by Crippen LogP contribution is 2.33. The summed E-state index contributed by atoms with van der Waals surface area (Å²) >= 11 is 12.2. The maximum Gasteiger partial charge on any atom is 0.309 e. The predicted molar refractivity (Wildman–Crippen MR) is 114 cm³/mol. The summed E-state index contributed by atoms with van der Waals surface area (Å²) in [5, 5.41) is 3.69. The van der Waals surface area contributed by atoms with Crippen LogP contribution in [0.2, 0.25) is 10.0 Å². The van der Waals surface area contributed by atoms with Crippen molar-refractivity contribution in [1.29, 1.82) is 0 Å². The molecule has 2 rings (SSSR count). The molecule has 5 nitrogen and oxygen atoms in total. The lowest BCUT2D eigenvalue weighted by Crippen LogP contribution is -2.29. The quantitative estimate of drug-likeness (QED) is 0.561. The third kappa shape index (κ3) is 6.38. The van der Waals surface area contributed by atoms with Gasteiger partial charge in [-0.25, -0.2) is 0 Å². The van der Waals surface area contributed by atoms with Gasteiger partial charge in [0.05, 0.1) is 29.7 Å². The molecule has 1 amide bonds. The van der Waals surface area contributed by atoms with Gasteiger partial charge >= 0.3 is 5.97 Å². The van der Waals surface area contributed by atoms with Crippen LogP contribution in [0.3, 0.4) is 0 Å². The molecule has 0 radical (unpaired) electrons. The predicted octanol–water partition coefficient (Wildman–Crippen LogP) is 4.99. The summed E-state index contributed by atoms with van der Waals surface area (Å²) < 4.78 is 10.5. The molecule has 0 bridgehead atoms. The van der Waals surface area contributed by atoms with Gasteiger partial charge in [0.1, 0.15) is 5.75 Å². The van der Waals surface area contributed by atoms with Crippen molar-refractivity contribution >= 4 is 35.1 Å². The molecule has 156 valence electrons. The Morgan fingerprint density at radius 3 is 2.48 bits per heavy atom. The number of amides is 1. The van der Waals surface area contributed by atoms with E-state index in [1.54, 1.807) is 39.2 Å². The van der Waals surface area contributed by atoms with Crippen LogP contribution in [0.15, 0.2) is 42.5 Å². The molecule has 0 saturated carbocycles. The van der Waals surface area contributed by atoms with Gasteiger partial charge in [-0.05, 0) is 30.7 Å². The first-order valence-corrected chi connectivity index (χ1v) is 10.1. The molecule has 0 spiro atoms. The maximum absolute atomic E-state index is 12.7. The fourth-order valence-corrected chi connectivity index (χ4v) is 3.39. The van der Waals surface area contributed by atoms with Crippen LogP contribution in [0.5, 0.6) is 5.75 Å². The summed E-state index contributed by atoms with van der Waals surface area (Å²) in [6.45, 7) is 4.10. The van der Waals surface area contributed by atoms with Gasteiger partial charge in [-0.1, -0.05) is 54.4 Å². The van der Waals surface area contributed by atoms with Crippen LogP contribution >= 0.6 is 23.2 Å². The molecule has 1 N–H and O–H groups in total. The highest BCUT2D eigenvalue weighted by molar-refractivity contribution is 6.42. The van der Waals surface area contributed by atoms with E-state index in [9.17, 15) is 9.59 Å². The van der Waals surface area contributed by atoms with Crippen molar-refractivity contribution in [3.63, 3.8) is 0 Å². The average Bonchev–Trinajstić information content (AvgIpc) is 2.72. The van der Waals surface area contributed by atoms with E-state index in [1.165, 1.54) is 0 Å². The molecule has 0 saturated heterocycles. The number of esters is 1. The highest BCUT2D eigenvalue weighted by Gasteiger charge is 2.29. The van der Waals surface area contributed by atoms with E-state index in [0.29, 0.717) is 22.3 Å². The highest BCUT2D eigenvalue weighted by atomic mass is 35.5. The van der Waals surface area contributed by atoms with Crippen LogP contribution in [0.25, 0.3) is 0 Å².